The quantitative estimate of drug-likeness (QED) is 0.676. The van der Waals surface area contributed by atoms with Gasteiger partial charge in [0.25, 0.3) is 0 Å². The monoisotopic (exact) mass is 238 g/mol. The zero-order chi connectivity index (χ0) is 13.1. The molecular formula is C18H22. The van der Waals surface area contributed by atoms with E-state index < -0.39 is 0 Å². The Morgan fingerprint density at radius 3 is 2.39 bits per heavy atom. The molecule has 18 heavy (non-hydrogen) atoms. The number of hydrogen-bond acceptors (Lipinski definition) is 0. The molecule has 0 aliphatic heterocycles. The molecule has 0 N–H and O–H groups in total. The molecule has 0 atom stereocenters. The van der Waals surface area contributed by atoms with Gasteiger partial charge in [-0.1, -0.05) is 68.8 Å². The third-order valence-corrected chi connectivity index (χ3v) is 3.44. The normalized spacial score (nSPS) is 10.9. The van der Waals surface area contributed by atoms with Crippen molar-refractivity contribution < 1.29 is 0 Å². The summed E-state index contributed by atoms with van der Waals surface area (Å²) in [4.78, 5) is 0. The fourth-order valence-electron chi connectivity index (χ4n) is 2.49. The van der Waals surface area contributed by atoms with Crippen molar-refractivity contribution in [2.24, 2.45) is 0 Å². The van der Waals surface area contributed by atoms with Gasteiger partial charge in [-0.2, -0.15) is 0 Å². The van der Waals surface area contributed by atoms with Crippen molar-refractivity contribution in [3.05, 3.63) is 59.2 Å². The maximum Gasteiger partial charge on any atom is -0.0149 e. The first-order chi connectivity index (χ1) is 8.61. The zero-order valence-corrected chi connectivity index (χ0v) is 11.8. The maximum absolute atomic E-state index is 2.33. The van der Waals surface area contributed by atoms with Gasteiger partial charge >= 0.3 is 0 Å². The van der Waals surface area contributed by atoms with Crippen LogP contribution in [-0.2, 0) is 6.42 Å². The Kier molecular flexibility index (Phi) is 3.86. The molecule has 0 aromatic heterocycles. The van der Waals surface area contributed by atoms with Crippen LogP contribution in [0, 0.1) is 6.92 Å². The van der Waals surface area contributed by atoms with E-state index in [2.05, 4.69) is 70.2 Å². The van der Waals surface area contributed by atoms with Crippen LogP contribution in [0.3, 0.4) is 0 Å². The summed E-state index contributed by atoms with van der Waals surface area (Å²) in [5, 5.41) is 0. The fraction of sp³-hybridized carbons (Fsp3) is 0.333. The molecule has 2 rings (SSSR count). The molecule has 0 fully saturated rings. The molecule has 0 aliphatic carbocycles. The Morgan fingerprint density at radius 1 is 1.00 bits per heavy atom. The first kappa shape index (κ1) is 12.9. The highest BCUT2D eigenvalue weighted by Crippen LogP contribution is 2.30. The summed E-state index contributed by atoms with van der Waals surface area (Å²) in [7, 11) is 0. The zero-order valence-electron chi connectivity index (χ0n) is 11.8. The second kappa shape index (κ2) is 5.39. The summed E-state index contributed by atoms with van der Waals surface area (Å²) < 4.78 is 0. The predicted octanol–water partition coefficient (Wildman–Crippen LogP) is 5.35. The summed E-state index contributed by atoms with van der Waals surface area (Å²) >= 11 is 0. The minimum absolute atomic E-state index is 0.562. The lowest BCUT2D eigenvalue weighted by molar-refractivity contribution is 0.869. The number of benzene rings is 2. The van der Waals surface area contributed by atoms with Crippen molar-refractivity contribution in [2.45, 2.75) is 40.0 Å². The molecule has 0 heterocycles. The molecule has 94 valence electrons. The molecule has 0 nitrogen and oxygen atoms in total. The fourth-order valence-corrected chi connectivity index (χ4v) is 2.49. The predicted molar refractivity (Wildman–Crippen MR) is 80.1 cm³/mol. The Hall–Kier alpha value is -1.56. The molecule has 0 bridgehead atoms. The molecule has 2 aromatic rings. The smallest absolute Gasteiger partial charge is 0.0149 e. The SMILES string of the molecule is CCc1cc(C)cc(-c2ccccc2C(C)C)c1. The van der Waals surface area contributed by atoms with E-state index in [1.165, 1.54) is 27.8 Å². The van der Waals surface area contributed by atoms with E-state index in [0.717, 1.165) is 6.42 Å². The lowest BCUT2D eigenvalue weighted by Crippen LogP contribution is -1.93. The van der Waals surface area contributed by atoms with E-state index in [9.17, 15) is 0 Å². The first-order valence-corrected chi connectivity index (χ1v) is 6.81. The highest BCUT2D eigenvalue weighted by atomic mass is 14.1. The molecule has 0 spiro atoms. The van der Waals surface area contributed by atoms with Crippen LogP contribution in [0.15, 0.2) is 42.5 Å². The third-order valence-electron chi connectivity index (χ3n) is 3.44. The van der Waals surface area contributed by atoms with Gasteiger partial charge in [0.15, 0.2) is 0 Å². The van der Waals surface area contributed by atoms with Crippen LogP contribution in [0.4, 0.5) is 0 Å². The second-order valence-corrected chi connectivity index (χ2v) is 5.30. The minimum Gasteiger partial charge on any atom is -0.0619 e. The molecular weight excluding hydrogens is 216 g/mol. The van der Waals surface area contributed by atoms with Gasteiger partial charge in [0.2, 0.25) is 0 Å². The first-order valence-electron chi connectivity index (χ1n) is 6.81. The topological polar surface area (TPSA) is 0 Å². The molecule has 0 unspecified atom stereocenters. The van der Waals surface area contributed by atoms with Crippen molar-refractivity contribution in [1.29, 1.82) is 0 Å². The van der Waals surface area contributed by atoms with Crippen LogP contribution in [-0.4, -0.2) is 0 Å². The highest BCUT2D eigenvalue weighted by Gasteiger charge is 2.08. The van der Waals surface area contributed by atoms with Crippen molar-refractivity contribution >= 4 is 0 Å². The van der Waals surface area contributed by atoms with E-state index in [4.69, 9.17) is 0 Å². The highest BCUT2D eigenvalue weighted by molar-refractivity contribution is 5.69. The largest absolute Gasteiger partial charge is 0.0619 e. The summed E-state index contributed by atoms with van der Waals surface area (Å²) in [5.74, 6) is 0.562. The summed E-state index contributed by atoms with van der Waals surface area (Å²) in [6, 6.07) is 15.7. The van der Waals surface area contributed by atoms with E-state index in [1.54, 1.807) is 0 Å². The van der Waals surface area contributed by atoms with E-state index in [-0.39, 0.29) is 0 Å². The summed E-state index contributed by atoms with van der Waals surface area (Å²) in [5.41, 5.74) is 6.94. The molecule has 0 saturated carbocycles. The van der Waals surface area contributed by atoms with Crippen molar-refractivity contribution in [1.82, 2.24) is 0 Å². The molecule has 2 aromatic carbocycles. The van der Waals surface area contributed by atoms with Crippen LogP contribution in [0.5, 0.6) is 0 Å². The van der Waals surface area contributed by atoms with Crippen molar-refractivity contribution in [2.75, 3.05) is 0 Å². The average Bonchev–Trinajstić information content (AvgIpc) is 2.38. The molecule has 0 heteroatoms. The van der Waals surface area contributed by atoms with E-state index in [0.29, 0.717) is 5.92 Å². The summed E-state index contributed by atoms with van der Waals surface area (Å²) in [6.07, 6.45) is 1.10. The van der Waals surface area contributed by atoms with Crippen LogP contribution >= 0.6 is 0 Å². The Bertz CT molecular complexity index is 535. The van der Waals surface area contributed by atoms with Gasteiger partial charge in [0, 0.05) is 0 Å². The van der Waals surface area contributed by atoms with Gasteiger partial charge in [-0.3, -0.25) is 0 Å². The van der Waals surface area contributed by atoms with Gasteiger partial charge in [-0.25, -0.2) is 0 Å². The molecule has 0 saturated heterocycles. The van der Waals surface area contributed by atoms with Gasteiger partial charge in [0.05, 0.1) is 0 Å². The third kappa shape index (κ3) is 2.64. The van der Waals surface area contributed by atoms with Gasteiger partial charge in [0.1, 0.15) is 0 Å². The second-order valence-electron chi connectivity index (χ2n) is 5.30. The van der Waals surface area contributed by atoms with E-state index in [1.807, 2.05) is 0 Å². The van der Waals surface area contributed by atoms with Crippen molar-refractivity contribution in [3.63, 3.8) is 0 Å². The van der Waals surface area contributed by atoms with Crippen molar-refractivity contribution in [3.8, 4) is 11.1 Å². The molecule has 0 aliphatic rings. The minimum atomic E-state index is 0.562. The van der Waals surface area contributed by atoms with Crippen LogP contribution in [0.1, 0.15) is 43.4 Å². The van der Waals surface area contributed by atoms with E-state index >= 15 is 0 Å². The van der Waals surface area contributed by atoms with Crippen LogP contribution in [0.2, 0.25) is 0 Å². The maximum atomic E-state index is 2.33. The molecule has 0 amide bonds. The summed E-state index contributed by atoms with van der Waals surface area (Å²) in [6.45, 7) is 8.91. The number of aryl methyl sites for hydroxylation is 2. The van der Waals surface area contributed by atoms with Crippen LogP contribution < -0.4 is 0 Å². The van der Waals surface area contributed by atoms with Crippen LogP contribution in [0.25, 0.3) is 11.1 Å². The standard InChI is InChI=1S/C18H22/c1-5-15-10-14(4)11-16(12-15)18-9-7-6-8-17(18)13(2)3/h6-13H,5H2,1-4H3. The van der Waals surface area contributed by atoms with Gasteiger partial charge in [-0.15, -0.1) is 0 Å². The molecule has 0 radical (unpaired) electrons. The number of rotatable bonds is 3. The average molecular weight is 238 g/mol. The van der Waals surface area contributed by atoms with Gasteiger partial charge < -0.3 is 0 Å². The lowest BCUT2D eigenvalue weighted by Gasteiger charge is -2.14. The number of hydrogen-bond donors (Lipinski definition) is 0. The Labute approximate surface area is 111 Å². The Balaban J connectivity index is 2.58. The lowest BCUT2D eigenvalue weighted by atomic mass is 9.91. The Morgan fingerprint density at radius 2 is 1.72 bits per heavy atom. The van der Waals surface area contributed by atoms with Gasteiger partial charge in [-0.05, 0) is 41.5 Å².